The zero-order chi connectivity index (χ0) is 13.5. The van der Waals surface area contributed by atoms with Gasteiger partial charge in [0.2, 0.25) is 5.91 Å². The summed E-state index contributed by atoms with van der Waals surface area (Å²) in [6.07, 6.45) is -0.473. The number of anilines is 1. The van der Waals surface area contributed by atoms with Gasteiger partial charge in [-0.05, 0) is 24.4 Å². The summed E-state index contributed by atoms with van der Waals surface area (Å²) < 4.78 is 18.0. The summed E-state index contributed by atoms with van der Waals surface area (Å²) in [6, 6.07) is 6.39. The monoisotopic (exact) mass is 252 g/mol. The third kappa shape index (κ3) is 3.63. The number of methoxy groups -OCH3 is 1. The van der Waals surface area contributed by atoms with Crippen molar-refractivity contribution in [1.29, 1.82) is 0 Å². The summed E-state index contributed by atoms with van der Waals surface area (Å²) in [5.74, 6) is -0.138. The molecule has 0 saturated heterocycles. The highest BCUT2D eigenvalue weighted by Crippen LogP contribution is 2.24. The molecule has 0 spiro atoms. The fraction of sp³-hybridized carbons (Fsp3) is 0.385. The van der Waals surface area contributed by atoms with Crippen LogP contribution >= 0.6 is 0 Å². The number of hydrogen-bond donors (Lipinski definition) is 1. The maximum atomic E-state index is 12.8. The largest absolute Gasteiger partial charge is 0.374 e. The predicted molar refractivity (Wildman–Crippen MR) is 69.8 cm³/mol. The molecule has 0 aliphatic carbocycles. The van der Waals surface area contributed by atoms with Crippen LogP contribution in [0, 0.1) is 0 Å². The lowest BCUT2D eigenvalue weighted by Gasteiger charge is -2.20. The molecular formula is C13H17FN2O2. The Labute approximate surface area is 106 Å². The molecule has 0 bridgehead atoms. The van der Waals surface area contributed by atoms with Gasteiger partial charge in [-0.3, -0.25) is 9.79 Å². The third-order valence-corrected chi connectivity index (χ3v) is 2.56. The second kappa shape index (κ2) is 6.86. The van der Waals surface area contributed by atoms with Gasteiger partial charge >= 0.3 is 0 Å². The van der Waals surface area contributed by atoms with E-state index in [9.17, 15) is 9.18 Å². The summed E-state index contributed by atoms with van der Waals surface area (Å²) >= 11 is 0. The number of nitrogens with zero attached hydrogens (tertiary/aromatic N) is 1. The first-order chi connectivity index (χ1) is 8.62. The molecule has 0 fully saturated rings. The Morgan fingerprint density at radius 2 is 2.11 bits per heavy atom. The smallest absolute Gasteiger partial charge is 0.221 e. The molecule has 1 amide bonds. The molecule has 1 rings (SSSR count). The van der Waals surface area contributed by atoms with Crippen LogP contribution in [0.4, 0.5) is 10.1 Å². The molecule has 1 aromatic rings. The number of amides is 1. The molecule has 2 atom stereocenters. The van der Waals surface area contributed by atoms with Crippen LogP contribution in [0.5, 0.6) is 0 Å². The number of benzene rings is 1. The minimum Gasteiger partial charge on any atom is -0.374 e. The van der Waals surface area contributed by atoms with E-state index < -0.39 is 18.8 Å². The van der Waals surface area contributed by atoms with Gasteiger partial charge in [-0.25, -0.2) is 4.39 Å². The van der Waals surface area contributed by atoms with Gasteiger partial charge in [-0.15, -0.1) is 0 Å². The number of ether oxygens (including phenoxy) is 1. The van der Waals surface area contributed by atoms with Crippen LogP contribution in [0.15, 0.2) is 29.3 Å². The van der Waals surface area contributed by atoms with Gasteiger partial charge < -0.3 is 10.1 Å². The molecule has 1 aromatic carbocycles. The second-order valence-corrected chi connectivity index (χ2v) is 3.86. The topological polar surface area (TPSA) is 50.7 Å². The second-order valence-electron chi connectivity index (χ2n) is 3.86. The highest BCUT2D eigenvalue weighted by Gasteiger charge is 2.21. The van der Waals surface area contributed by atoms with Crippen LogP contribution in [0.1, 0.15) is 18.6 Å². The van der Waals surface area contributed by atoms with Gasteiger partial charge in [0.15, 0.2) is 0 Å². The van der Waals surface area contributed by atoms with Crippen molar-refractivity contribution in [2.24, 2.45) is 4.99 Å². The average molecular weight is 252 g/mol. The number of aliphatic imine (C=N–C) groups is 1. The van der Waals surface area contributed by atoms with E-state index in [1.807, 2.05) is 0 Å². The van der Waals surface area contributed by atoms with Crippen molar-refractivity contribution in [3.05, 3.63) is 29.8 Å². The highest BCUT2D eigenvalue weighted by molar-refractivity contribution is 5.88. The minimum atomic E-state index is -0.630. The van der Waals surface area contributed by atoms with Crippen molar-refractivity contribution >= 4 is 18.3 Å². The maximum absolute atomic E-state index is 12.8. The van der Waals surface area contributed by atoms with Crippen molar-refractivity contribution < 1.29 is 13.9 Å². The Hall–Kier alpha value is -1.75. The van der Waals surface area contributed by atoms with Crippen molar-refractivity contribution in [2.75, 3.05) is 19.1 Å². The number of carbonyl (C=O) groups is 1. The number of alkyl halides is 1. The van der Waals surface area contributed by atoms with Crippen molar-refractivity contribution in [3.63, 3.8) is 0 Å². The Kier molecular flexibility index (Phi) is 5.45. The van der Waals surface area contributed by atoms with Crippen LogP contribution in [-0.2, 0) is 9.53 Å². The molecule has 1 N–H and O–H groups in total. The van der Waals surface area contributed by atoms with E-state index in [0.29, 0.717) is 5.69 Å². The summed E-state index contributed by atoms with van der Waals surface area (Å²) in [4.78, 5) is 14.6. The molecule has 0 aliphatic heterocycles. The van der Waals surface area contributed by atoms with E-state index in [-0.39, 0.29) is 5.91 Å². The van der Waals surface area contributed by atoms with E-state index in [1.165, 1.54) is 14.0 Å². The molecule has 5 heteroatoms. The summed E-state index contributed by atoms with van der Waals surface area (Å²) in [6.45, 7) is 4.16. The Balaban J connectivity index is 2.87. The quantitative estimate of drug-likeness (QED) is 0.790. The summed E-state index contributed by atoms with van der Waals surface area (Å²) in [7, 11) is 1.50. The van der Waals surface area contributed by atoms with E-state index in [2.05, 4.69) is 17.0 Å². The SMILES string of the molecule is C=N[C@H](CF)[C@H](OC)c1ccc(NC(C)=O)cc1. The number of nitrogens with one attached hydrogen (secondary N) is 1. The van der Waals surface area contributed by atoms with E-state index in [4.69, 9.17) is 4.74 Å². The molecule has 0 saturated carbocycles. The van der Waals surface area contributed by atoms with Crippen LogP contribution in [0.25, 0.3) is 0 Å². The van der Waals surface area contributed by atoms with Crippen molar-refractivity contribution in [2.45, 2.75) is 19.1 Å². The fourth-order valence-electron chi connectivity index (χ4n) is 1.70. The normalized spacial score (nSPS) is 13.7. The minimum absolute atomic E-state index is 0.138. The first-order valence-electron chi connectivity index (χ1n) is 5.54. The highest BCUT2D eigenvalue weighted by atomic mass is 19.1. The summed E-state index contributed by atoms with van der Waals surface area (Å²) in [5.41, 5.74) is 1.48. The van der Waals surface area contributed by atoms with Gasteiger partial charge in [0, 0.05) is 19.7 Å². The Morgan fingerprint density at radius 3 is 2.50 bits per heavy atom. The number of rotatable bonds is 6. The van der Waals surface area contributed by atoms with Gasteiger partial charge in [0.25, 0.3) is 0 Å². The molecule has 0 radical (unpaired) electrons. The molecule has 4 nitrogen and oxygen atoms in total. The number of hydrogen-bond acceptors (Lipinski definition) is 3. The third-order valence-electron chi connectivity index (χ3n) is 2.56. The van der Waals surface area contributed by atoms with Crippen molar-refractivity contribution in [1.82, 2.24) is 0 Å². The number of carbonyl (C=O) groups excluding carboxylic acids is 1. The van der Waals surface area contributed by atoms with Gasteiger partial charge in [0.1, 0.15) is 18.8 Å². The van der Waals surface area contributed by atoms with E-state index >= 15 is 0 Å². The average Bonchev–Trinajstić information content (AvgIpc) is 2.36. The fourth-order valence-corrected chi connectivity index (χ4v) is 1.70. The molecule has 0 heterocycles. The van der Waals surface area contributed by atoms with Crippen LogP contribution in [0.2, 0.25) is 0 Å². The first kappa shape index (κ1) is 14.3. The molecule has 98 valence electrons. The zero-order valence-corrected chi connectivity index (χ0v) is 10.5. The first-order valence-corrected chi connectivity index (χ1v) is 5.54. The van der Waals surface area contributed by atoms with Crippen LogP contribution < -0.4 is 5.32 Å². The summed E-state index contributed by atoms with van der Waals surface area (Å²) in [5, 5.41) is 2.66. The lowest BCUT2D eigenvalue weighted by atomic mass is 10.0. The van der Waals surface area contributed by atoms with Gasteiger partial charge in [-0.2, -0.15) is 0 Å². The van der Waals surface area contributed by atoms with E-state index in [1.54, 1.807) is 24.3 Å². The van der Waals surface area contributed by atoms with Gasteiger partial charge in [0.05, 0.1) is 0 Å². The Bertz CT molecular complexity index is 406. The standard InChI is InChI=1S/C13H17FN2O2/c1-9(17)16-11-6-4-10(5-7-11)13(18-3)12(8-14)15-2/h4-7,12-13H,2,8H2,1,3H3,(H,16,17)/t12-,13-/m1/s1. The number of halogens is 1. The van der Waals surface area contributed by atoms with Crippen molar-refractivity contribution in [3.8, 4) is 0 Å². The molecule has 0 unspecified atom stereocenters. The molecule has 18 heavy (non-hydrogen) atoms. The lowest BCUT2D eigenvalue weighted by Crippen LogP contribution is -2.20. The Morgan fingerprint density at radius 1 is 1.50 bits per heavy atom. The molecule has 0 aromatic heterocycles. The van der Waals surface area contributed by atoms with E-state index in [0.717, 1.165) is 5.56 Å². The van der Waals surface area contributed by atoms with Crippen LogP contribution in [0.3, 0.4) is 0 Å². The van der Waals surface area contributed by atoms with Crippen LogP contribution in [-0.4, -0.2) is 32.5 Å². The zero-order valence-electron chi connectivity index (χ0n) is 10.5. The lowest BCUT2D eigenvalue weighted by molar-refractivity contribution is -0.114. The van der Waals surface area contributed by atoms with Gasteiger partial charge in [-0.1, -0.05) is 12.1 Å². The maximum Gasteiger partial charge on any atom is 0.221 e. The molecule has 0 aliphatic rings. The molecular weight excluding hydrogens is 235 g/mol. The predicted octanol–water partition coefficient (Wildman–Crippen LogP) is 2.37.